The number of carbonyl (C=O) groups excluding carboxylic acids is 1. The van der Waals surface area contributed by atoms with Crippen molar-refractivity contribution in [2.24, 2.45) is 5.92 Å². The van der Waals surface area contributed by atoms with Crippen molar-refractivity contribution >= 4 is 16.8 Å². The van der Waals surface area contributed by atoms with Crippen LogP contribution in [-0.4, -0.2) is 19.0 Å². The van der Waals surface area contributed by atoms with E-state index in [1.165, 1.54) is 0 Å². The Labute approximate surface area is 107 Å². The third-order valence-electron chi connectivity index (χ3n) is 3.03. The molecule has 0 saturated carbocycles. The molecule has 0 aliphatic carbocycles. The summed E-state index contributed by atoms with van der Waals surface area (Å²) in [5.74, 6) is 0.398. The van der Waals surface area contributed by atoms with Gasteiger partial charge in [0.25, 0.3) is 0 Å². The van der Waals surface area contributed by atoms with Crippen molar-refractivity contribution in [1.29, 1.82) is 0 Å². The molecule has 0 radical (unpaired) electrons. The van der Waals surface area contributed by atoms with Crippen molar-refractivity contribution in [3.8, 4) is 0 Å². The second-order valence-corrected chi connectivity index (χ2v) is 4.92. The minimum absolute atomic E-state index is 0.0960. The highest BCUT2D eigenvalue weighted by atomic mass is 16.5. The molecule has 0 aliphatic rings. The van der Waals surface area contributed by atoms with Crippen molar-refractivity contribution in [3.63, 3.8) is 0 Å². The first-order chi connectivity index (χ1) is 8.52. The average Bonchev–Trinajstić information content (AvgIpc) is 2.72. The van der Waals surface area contributed by atoms with E-state index in [4.69, 9.17) is 9.15 Å². The van der Waals surface area contributed by atoms with Crippen LogP contribution in [0.5, 0.6) is 0 Å². The Morgan fingerprint density at radius 2 is 2.00 bits per heavy atom. The van der Waals surface area contributed by atoms with Crippen LogP contribution in [0.1, 0.15) is 30.0 Å². The minimum atomic E-state index is -0.452. The van der Waals surface area contributed by atoms with Crippen molar-refractivity contribution in [2.75, 3.05) is 7.11 Å². The van der Waals surface area contributed by atoms with Gasteiger partial charge in [0.1, 0.15) is 11.7 Å². The Balaban J connectivity index is 2.39. The third kappa shape index (κ3) is 2.31. The van der Waals surface area contributed by atoms with Gasteiger partial charge < -0.3 is 9.15 Å². The molecule has 1 aromatic carbocycles. The molecule has 1 unspecified atom stereocenters. The van der Waals surface area contributed by atoms with Gasteiger partial charge in [-0.1, -0.05) is 25.5 Å². The molecule has 18 heavy (non-hydrogen) atoms. The lowest BCUT2D eigenvalue weighted by Gasteiger charge is -2.15. The highest BCUT2D eigenvalue weighted by molar-refractivity contribution is 6.00. The Morgan fingerprint density at radius 1 is 1.28 bits per heavy atom. The first-order valence-corrected chi connectivity index (χ1v) is 6.10. The molecule has 2 rings (SSSR count). The number of fused-ring (bicyclic) bond motifs is 1. The molecule has 0 fully saturated rings. The Morgan fingerprint density at radius 3 is 2.61 bits per heavy atom. The molecule has 3 nitrogen and oxygen atoms in total. The second-order valence-electron chi connectivity index (χ2n) is 4.92. The highest BCUT2D eigenvalue weighted by Crippen LogP contribution is 2.23. The first-order valence-electron chi connectivity index (χ1n) is 6.10. The predicted molar refractivity (Wildman–Crippen MR) is 70.9 cm³/mol. The van der Waals surface area contributed by atoms with Crippen molar-refractivity contribution in [2.45, 2.75) is 26.9 Å². The average molecular weight is 246 g/mol. The number of carbonyl (C=O) groups is 1. The maximum absolute atomic E-state index is 12.3. The maximum Gasteiger partial charge on any atom is 0.226 e. The number of aryl methyl sites for hydroxylation is 1. The quantitative estimate of drug-likeness (QED) is 0.774. The standard InChI is InChI=1S/C15H18O3/c1-9(2)15(17-4)14(16)13-8-11-7-10(3)5-6-12(11)18-13/h5-9,15H,1-4H3. The fraction of sp³-hybridized carbons (Fsp3) is 0.400. The SMILES string of the molecule is COC(C(=O)c1cc2cc(C)ccc2o1)C(C)C. The van der Waals surface area contributed by atoms with Gasteiger partial charge in [-0.25, -0.2) is 0 Å². The number of methoxy groups -OCH3 is 1. The van der Waals surface area contributed by atoms with Crippen LogP contribution in [-0.2, 0) is 4.74 Å². The number of benzene rings is 1. The molecular weight excluding hydrogens is 228 g/mol. The van der Waals surface area contributed by atoms with Crippen LogP contribution in [0.2, 0.25) is 0 Å². The van der Waals surface area contributed by atoms with E-state index in [0.717, 1.165) is 16.5 Å². The monoisotopic (exact) mass is 246 g/mol. The summed E-state index contributed by atoms with van der Waals surface area (Å²) in [6.07, 6.45) is -0.452. The molecule has 1 atom stereocenters. The number of rotatable bonds is 4. The second kappa shape index (κ2) is 4.94. The van der Waals surface area contributed by atoms with E-state index < -0.39 is 6.10 Å². The summed E-state index contributed by atoms with van der Waals surface area (Å²) in [4.78, 5) is 12.3. The molecule has 0 saturated heterocycles. The van der Waals surface area contributed by atoms with Gasteiger partial charge in [0.05, 0.1) is 0 Å². The zero-order valence-electron chi connectivity index (χ0n) is 11.2. The fourth-order valence-corrected chi connectivity index (χ4v) is 2.11. The molecule has 0 aliphatic heterocycles. The van der Waals surface area contributed by atoms with Gasteiger partial charge in [-0.15, -0.1) is 0 Å². The molecule has 2 aromatic rings. The topological polar surface area (TPSA) is 39.4 Å². The lowest BCUT2D eigenvalue weighted by atomic mass is 10.0. The smallest absolute Gasteiger partial charge is 0.226 e. The van der Waals surface area contributed by atoms with E-state index in [-0.39, 0.29) is 11.7 Å². The predicted octanol–water partition coefficient (Wildman–Crippen LogP) is 3.59. The summed E-state index contributed by atoms with van der Waals surface area (Å²) in [5.41, 5.74) is 1.89. The minimum Gasteiger partial charge on any atom is -0.453 e. The van der Waals surface area contributed by atoms with E-state index in [1.807, 2.05) is 39.0 Å². The van der Waals surface area contributed by atoms with Crippen LogP contribution in [0, 0.1) is 12.8 Å². The van der Waals surface area contributed by atoms with Gasteiger partial charge in [-0.2, -0.15) is 0 Å². The largest absolute Gasteiger partial charge is 0.453 e. The molecule has 0 amide bonds. The number of ketones is 1. The zero-order valence-corrected chi connectivity index (χ0v) is 11.2. The molecule has 1 aromatic heterocycles. The van der Waals surface area contributed by atoms with Crippen LogP contribution in [0.15, 0.2) is 28.7 Å². The number of hydrogen-bond acceptors (Lipinski definition) is 3. The van der Waals surface area contributed by atoms with E-state index in [1.54, 1.807) is 13.2 Å². The van der Waals surface area contributed by atoms with Crippen LogP contribution in [0.3, 0.4) is 0 Å². The maximum atomic E-state index is 12.3. The fourth-order valence-electron chi connectivity index (χ4n) is 2.11. The Kier molecular flexibility index (Phi) is 3.53. The van der Waals surface area contributed by atoms with Crippen LogP contribution < -0.4 is 0 Å². The zero-order chi connectivity index (χ0) is 13.3. The molecule has 0 N–H and O–H groups in total. The summed E-state index contributed by atoms with van der Waals surface area (Å²) in [5, 5.41) is 0.956. The summed E-state index contributed by atoms with van der Waals surface area (Å²) in [7, 11) is 1.55. The van der Waals surface area contributed by atoms with Crippen molar-refractivity contribution in [1.82, 2.24) is 0 Å². The molecular formula is C15H18O3. The third-order valence-corrected chi connectivity index (χ3v) is 3.03. The normalized spacial score (nSPS) is 13.2. The van der Waals surface area contributed by atoms with Gasteiger partial charge in [0, 0.05) is 12.5 Å². The molecule has 96 valence electrons. The van der Waals surface area contributed by atoms with Gasteiger partial charge >= 0.3 is 0 Å². The summed E-state index contributed by atoms with van der Waals surface area (Å²) in [6.45, 7) is 5.93. The molecule has 1 heterocycles. The van der Waals surface area contributed by atoms with Crippen LogP contribution >= 0.6 is 0 Å². The molecule has 0 bridgehead atoms. The van der Waals surface area contributed by atoms with Gasteiger partial charge in [0.2, 0.25) is 5.78 Å². The van der Waals surface area contributed by atoms with Crippen molar-refractivity contribution in [3.05, 3.63) is 35.6 Å². The molecule has 0 spiro atoms. The van der Waals surface area contributed by atoms with Gasteiger partial charge in [0.15, 0.2) is 5.76 Å². The lowest BCUT2D eigenvalue weighted by molar-refractivity contribution is 0.0435. The lowest BCUT2D eigenvalue weighted by Crippen LogP contribution is -2.28. The Bertz CT molecular complexity index is 566. The van der Waals surface area contributed by atoms with E-state index in [0.29, 0.717) is 5.76 Å². The van der Waals surface area contributed by atoms with Crippen molar-refractivity contribution < 1.29 is 13.9 Å². The number of hydrogen-bond donors (Lipinski definition) is 0. The van der Waals surface area contributed by atoms with E-state index >= 15 is 0 Å². The van der Waals surface area contributed by atoms with E-state index in [2.05, 4.69) is 0 Å². The van der Waals surface area contributed by atoms with Crippen LogP contribution in [0.4, 0.5) is 0 Å². The van der Waals surface area contributed by atoms with E-state index in [9.17, 15) is 4.79 Å². The number of ether oxygens (including phenoxy) is 1. The summed E-state index contributed by atoms with van der Waals surface area (Å²) in [6, 6.07) is 7.65. The van der Waals surface area contributed by atoms with Gasteiger partial charge in [-0.3, -0.25) is 4.79 Å². The summed E-state index contributed by atoms with van der Waals surface area (Å²) >= 11 is 0. The number of Topliss-reactive ketones (excluding diaryl/α,β-unsaturated/α-hetero) is 1. The summed E-state index contributed by atoms with van der Waals surface area (Å²) < 4.78 is 10.8. The van der Waals surface area contributed by atoms with Gasteiger partial charge in [-0.05, 0) is 31.0 Å². The highest BCUT2D eigenvalue weighted by Gasteiger charge is 2.25. The molecule has 3 heteroatoms. The number of furan rings is 1. The Hall–Kier alpha value is -1.61. The van der Waals surface area contributed by atoms with Crippen LogP contribution in [0.25, 0.3) is 11.0 Å². The first kappa shape index (κ1) is 12.8.